The zero-order valence-electron chi connectivity index (χ0n) is 23.0. The van der Waals surface area contributed by atoms with Gasteiger partial charge in [0.05, 0.1) is 6.04 Å². The Labute approximate surface area is 216 Å². The number of carbonyl (C=O) groups is 3. The first kappa shape index (κ1) is 29.4. The Kier molecular flexibility index (Phi) is 11.0. The van der Waals surface area contributed by atoms with Crippen LogP contribution < -0.4 is 20.7 Å². The quantitative estimate of drug-likeness (QED) is 0.509. The lowest BCUT2D eigenvalue weighted by molar-refractivity contribution is -0.136. The summed E-state index contributed by atoms with van der Waals surface area (Å²) in [5.74, 6) is -0.312. The fourth-order valence-electron chi connectivity index (χ4n) is 4.20. The van der Waals surface area contributed by atoms with E-state index in [1.54, 1.807) is 12.3 Å². The van der Waals surface area contributed by atoms with E-state index in [9.17, 15) is 14.4 Å². The van der Waals surface area contributed by atoms with Gasteiger partial charge in [-0.15, -0.1) is 0 Å². The minimum absolute atomic E-state index is 0.104. The first-order valence-electron chi connectivity index (χ1n) is 12.9. The number of rotatable bonds is 8. The SMILES string of the molecule is CC[C@@H](C)[C@H]1NC(=O)[C@@H](NC(=O)[C@@H](CC(C)C)N(C)C)[C@H](C(C)C)Oc2ccc(cc2)C=CNC1=O. The second-order valence-electron chi connectivity index (χ2n) is 10.7. The Bertz CT molecular complexity index is 911. The first-order chi connectivity index (χ1) is 16.9. The molecule has 8 heteroatoms. The fourth-order valence-corrected chi connectivity index (χ4v) is 4.20. The van der Waals surface area contributed by atoms with E-state index < -0.39 is 30.1 Å². The number of likely N-dealkylation sites (N-methyl/N-ethyl adjacent to an activating group) is 1. The molecule has 1 aromatic carbocycles. The van der Waals surface area contributed by atoms with Gasteiger partial charge in [0, 0.05) is 6.20 Å². The predicted octanol–water partition coefficient (Wildman–Crippen LogP) is 3.18. The summed E-state index contributed by atoms with van der Waals surface area (Å²) in [6.45, 7) is 11.9. The number of carbonyl (C=O) groups excluding carboxylic acids is 3. The van der Waals surface area contributed by atoms with Gasteiger partial charge in [0.1, 0.15) is 23.9 Å². The third-order valence-electron chi connectivity index (χ3n) is 6.63. The van der Waals surface area contributed by atoms with Gasteiger partial charge in [-0.05, 0) is 62.0 Å². The zero-order chi connectivity index (χ0) is 27.0. The van der Waals surface area contributed by atoms with Crippen LogP contribution in [0.4, 0.5) is 0 Å². The van der Waals surface area contributed by atoms with Crippen molar-refractivity contribution in [2.24, 2.45) is 17.8 Å². The molecule has 0 unspecified atom stereocenters. The topological polar surface area (TPSA) is 99.8 Å². The molecule has 2 bridgehead atoms. The second-order valence-corrected chi connectivity index (χ2v) is 10.7. The van der Waals surface area contributed by atoms with Gasteiger partial charge in [-0.2, -0.15) is 0 Å². The number of hydrogen-bond donors (Lipinski definition) is 3. The van der Waals surface area contributed by atoms with Crippen molar-refractivity contribution >= 4 is 23.8 Å². The summed E-state index contributed by atoms with van der Waals surface area (Å²) in [5, 5.41) is 8.70. The molecule has 8 nitrogen and oxygen atoms in total. The molecule has 0 aromatic heterocycles. The van der Waals surface area contributed by atoms with Gasteiger partial charge in [0.2, 0.25) is 17.7 Å². The zero-order valence-corrected chi connectivity index (χ0v) is 23.0. The minimum Gasteiger partial charge on any atom is -0.487 e. The lowest BCUT2D eigenvalue weighted by atomic mass is 9.94. The number of benzene rings is 1. The summed E-state index contributed by atoms with van der Waals surface area (Å²) in [7, 11) is 3.71. The third-order valence-corrected chi connectivity index (χ3v) is 6.63. The molecular weight excluding hydrogens is 456 g/mol. The molecule has 0 fully saturated rings. The lowest BCUT2D eigenvalue weighted by Crippen LogP contribution is -2.62. The van der Waals surface area contributed by atoms with E-state index in [0.29, 0.717) is 24.5 Å². The van der Waals surface area contributed by atoms with Crippen molar-refractivity contribution in [2.75, 3.05) is 14.1 Å². The minimum atomic E-state index is -0.996. The second kappa shape index (κ2) is 13.4. The van der Waals surface area contributed by atoms with E-state index in [2.05, 4.69) is 29.8 Å². The summed E-state index contributed by atoms with van der Waals surface area (Å²) in [6.07, 6.45) is 4.06. The maximum atomic E-state index is 13.8. The van der Waals surface area contributed by atoms with E-state index in [-0.39, 0.29) is 23.7 Å². The van der Waals surface area contributed by atoms with Crippen molar-refractivity contribution in [2.45, 2.75) is 78.6 Å². The molecule has 0 aliphatic carbocycles. The van der Waals surface area contributed by atoms with Crippen molar-refractivity contribution in [1.29, 1.82) is 0 Å². The molecule has 0 saturated carbocycles. The molecule has 0 spiro atoms. The molecule has 0 saturated heterocycles. The largest absolute Gasteiger partial charge is 0.487 e. The molecule has 1 aromatic rings. The average molecular weight is 501 g/mol. The van der Waals surface area contributed by atoms with Crippen LogP contribution in [0.2, 0.25) is 0 Å². The molecule has 3 amide bonds. The monoisotopic (exact) mass is 500 g/mol. The highest BCUT2D eigenvalue weighted by Gasteiger charge is 2.38. The highest BCUT2D eigenvalue weighted by Crippen LogP contribution is 2.21. The van der Waals surface area contributed by atoms with Crippen LogP contribution in [-0.4, -0.2) is 60.9 Å². The number of hydrogen-bond acceptors (Lipinski definition) is 5. The molecule has 2 heterocycles. The summed E-state index contributed by atoms with van der Waals surface area (Å²) in [5.41, 5.74) is 0.900. The van der Waals surface area contributed by atoms with Crippen molar-refractivity contribution in [3.05, 3.63) is 36.0 Å². The highest BCUT2D eigenvalue weighted by atomic mass is 16.5. The van der Waals surface area contributed by atoms with E-state index in [1.807, 2.05) is 71.0 Å². The Hall–Kier alpha value is -2.87. The normalized spacial score (nSPS) is 22.6. The van der Waals surface area contributed by atoms with Crippen LogP contribution in [-0.2, 0) is 14.4 Å². The maximum absolute atomic E-state index is 13.8. The lowest BCUT2D eigenvalue weighted by Gasteiger charge is -2.34. The first-order valence-corrected chi connectivity index (χ1v) is 12.9. The molecule has 2 aliphatic heterocycles. The van der Waals surface area contributed by atoms with E-state index in [4.69, 9.17) is 4.74 Å². The van der Waals surface area contributed by atoms with Gasteiger partial charge in [-0.1, -0.05) is 60.1 Å². The summed E-state index contributed by atoms with van der Waals surface area (Å²) in [4.78, 5) is 42.1. The Morgan fingerprint density at radius 2 is 1.69 bits per heavy atom. The van der Waals surface area contributed by atoms with Crippen LogP contribution in [0.25, 0.3) is 6.08 Å². The maximum Gasteiger partial charge on any atom is 0.247 e. The van der Waals surface area contributed by atoms with Crippen LogP contribution in [0.15, 0.2) is 30.5 Å². The molecule has 36 heavy (non-hydrogen) atoms. The molecule has 5 atom stereocenters. The van der Waals surface area contributed by atoms with Gasteiger partial charge in [0.25, 0.3) is 0 Å². The highest BCUT2D eigenvalue weighted by molar-refractivity contribution is 5.94. The third kappa shape index (κ3) is 8.08. The smallest absolute Gasteiger partial charge is 0.247 e. The Balaban J connectivity index is 2.52. The summed E-state index contributed by atoms with van der Waals surface area (Å²) < 4.78 is 6.31. The molecular formula is C28H44N4O4. The fraction of sp³-hybridized carbons (Fsp3) is 0.607. The van der Waals surface area contributed by atoms with Gasteiger partial charge in [-0.3, -0.25) is 19.3 Å². The number of fused-ring (bicyclic) bond motifs is 10. The Morgan fingerprint density at radius 1 is 1.06 bits per heavy atom. The summed E-state index contributed by atoms with van der Waals surface area (Å²) in [6, 6.07) is 5.24. The molecule has 200 valence electrons. The number of nitrogens with zero attached hydrogens (tertiary/aromatic N) is 1. The van der Waals surface area contributed by atoms with Crippen LogP contribution in [0.1, 0.15) is 59.9 Å². The van der Waals surface area contributed by atoms with Crippen molar-refractivity contribution in [3.8, 4) is 5.75 Å². The van der Waals surface area contributed by atoms with Crippen LogP contribution >= 0.6 is 0 Å². The van der Waals surface area contributed by atoms with E-state index >= 15 is 0 Å². The van der Waals surface area contributed by atoms with Crippen LogP contribution in [0.3, 0.4) is 0 Å². The van der Waals surface area contributed by atoms with Crippen molar-refractivity contribution in [1.82, 2.24) is 20.9 Å². The number of ether oxygens (including phenoxy) is 1. The average Bonchev–Trinajstić information content (AvgIpc) is 2.82. The van der Waals surface area contributed by atoms with E-state index in [0.717, 1.165) is 5.56 Å². The van der Waals surface area contributed by atoms with Crippen molar-refractivity contribution in [3.63, 3.8) is 0 Å². The Morgan fingerprint density at radius 3 is 2.22 bits per heavy atom. The molecule has 3 rings (SSSR count). The summed E-state index contributed by atoms with van der Waals surface area (Å²) >= 11 is 0. The predicted molar refractivity (Wildman–Crippen MR) is 143 cm³/mol. The standard InChI is InChI=1S/C28H44N4O4/c1-9-19(6)23-27(34)29-15-14-20-10-12-21(13-11-20)36-25(18(4)5)24(28(35)30-23)31-26(33)22(32(7)8)16-17(2)3/h10-15,17-19,22-25H,9,16H2,1-8H3,(H,29,34)(H,30,35)(H,31,33)/t19-,22-,23-,24+,25+/m1/s1. The van der Waals surface area contributed by atoms with Crippen molar-refractivity contribution < 1.29 is 19.1 Å². The number of amides is 3. The van der Waals surface area contributed by atoms with Gasteiger partial charge in [-0.25, -0.2) is 0 Å². The number of nitrogens with one attached hydrogen (secondary N) is 3. The van der Waals surface area contributed by atoms with Crippen LogP contribution in [0, 0.1) is 17.8 Å². The van der Waals surface area contributed by atoms with Gasteiger partial charge < -0.3 is 20.7 Å². The molecule has 2 aliphatic rings. The van der Waals surface area contributed by atoms with E-state index in [1.165, 1.54) is 0 Å². The van der Waals surface area contributed by atoms with Gasteiger partial charge >= 0.3 is 0 Å². The molecule has 3 N–H and O–H groups in total. The van der Waals surface area contributed by atoms with Crippen LogP contribution in [0.5, 0.6) is 5.75 Å². The van der Waals surface area contributed by atoms with Gasteiger partial charge in [0.15, 0.2) is 0 Å². The molecule has 0 radical (unpaired) electrons.